The van der Waals surface area contributed by atoms with Crippen LogP contribution in [0.4, 0.5) is 0 Å². The van der Waals surface area contributed by atoms with Gasteiger partial charge in [0.15, 0.2) is 5.84 Å². The van der Waals surface area contributed by atoms with Crippen molar-refractivity contribution in [2.45, 2.75) is 57.1 Å². The third kappa shape index (κ3) is 3.59. The summed E-state index contributed by atoms with van der Waals surface area (Å²) in [6, 6.07) is 0. The predicted molar refractivity (Wildman–Crippen MR) is 84.1 cm³/mol. The third-order valence-electron chi connectivity index (χ3n) is 4.20. The quantitative estimate of drug-likeness (QED) is 0.264. The predicted octanol–water partition coefficient (Wildman–Crippen LogP) is 2.33. The standard InChI is InChI=1S/C14H27N3O2S/c1-4-6-14(7-5-2,11(15)17-19)12(18)16-10-13(20-3)8-9-13/h19H,4-10H2,1-3H3,(H2,15,17)(H,16,18). The maximum absolute atomic E-state index is 12.6. The minimum atomic E-state index is -0.868. The second-order valence-electron chi connectivity index (χ2n) is 5.64. The first-order valence-corrected chi connectivity index (χ1v) is 8.54. The van der Waals surface area contributed by atoms with Crippen LogP contribution in [0.15, 0.2) is 5.16 Å². The Morgan fingerprint density at radius 3 is 2.30 bits per heavy atom. The summed E-state index contributed by atoms with van der Waals surface area (Å²) in [6.45, 7) is 4.68. The number of oxime groups is 1. The number of carbonyl (C=O) groups excluding carboxylic acids is 1. The van der Waals surface area contributed by atoms with Crippen molar-refractivity contribution in [1.82, 2.24) is 5.32 Å². The number of hydrogen-bond acceptors (Lipinski definition) is 4. The number of hydrogen-bond donors (Lipinski definition) is 3. The molecule has 0 saturated heterocycles. The molecule has 1 rings (SSSR count). The number of carbonyl (C=O) groups is 1. The van der Waals surface area contributed by atoms with Crippen molar-refractivity contribution < 1.29 is 10.0 Å². The molecule has 4 N–H and O–H groups in total. The van der Waals surface area contributed by atoms with E-state index in [1.807, 2.05) is 13.8 Å². The fourth-order valence-corrected chi connectivity index (χ4v) is 3.40. The highest BCUT2D eigenvalue weighted by molar-refractivity contribution is 8.00. The largest absolute Gasteiger partial charge is 0.409 e. The molecule has 5 nitrogen and oxygen atoms in total. The average Bonchev–Trinajstić information content (AvgIpc) is 3.24. The second kappa shape index (κ2) is 7.20. The Labute approximate surface area is 125 Å². The van der Waals surface area contributed by atoms with E-state index in [0.29, 0.717) is 19.4 Å². The van der Waals surface area contributed by atoms with Gasteiger partial charge in [0.2, 0.25) is 5.91 Å². The molecule has 1 aliphatic rings. The SMILES string of the molecule is CCCC(CCC)(C(=O)NCC1(SC)CC1)C(N)=NO. The lowest BCUT2D eigenvalue weighted by Crippen LogP contribution is -2.51. The maximum atomic E-state index is 12.6. The summed E-state index contributed by atoms with van der Waals surface area (Å²) in [7, 11) is 0. The van der Waals surface area contributed by atoms with Gasteiger partial charge in [-0.3, -0.25) is 4.79 Å². The summed E-state index contributed by atoms with van der Waals surface area (Å²) < 4.78 is 0.213. The molecule has 0 atom stereocenters. The first-order valence-electron chi connectivity index (χ1n) is 7.31. The molecule has 1 amide bonds. The highest BCUT2D eigenvalue weighted by Crippen LogP contribution is 2.46. The number of thioether (sulfide) groups is 1. The number of nitrogens with two attached hydrogens (primary N) is 1. The van der Waals surface area contributed by atoms with Crippen LogP contribution in [0.25, 0.3) is 0 Å². The van der Waals surface area contributed by atoms with Gasteiger partial charge in [0.05, 0.1) is 0 Å². The molecule has 1 fully saturated rings. The molecule has 1 saturated carbocycles. The van der Waals surface area contributed by atoms with Gasteiger partial charge in [-0.05, 0) is 31.9 Å². The molecule has 0 unspecified atom stereocenters. The highest BCUT2D eigenvalue weighted by atomic mass is 32.2. The van der Waals surface area contributed by atoms with Gasteiger partial charge in [-0.2, -0.15) is 11.8 Å². The molecule has 116 valence electrons. The first-order chi connectivity index (χ1) is 9.50. The third-order valence-corrected chi connectivity index (χ3v) is 5.62. The van der Waals surface area contributed by atoms with E-state index in [1.54, 1.807) is 11.8 Å². The fraction of sp³-hybridized carbons (Fsp3) is 0.857. The Morgan fingerprint density at radius 2 is 1.95 bits per heavy atom. The lowest BCUT2D eigenvalue weighted by molar-refractivity contribution is -0.128. The van der Waals surface area contributed by atoms with Crippen LogP contribution in [0.3, 0.4) is 0 Å². The zero-order valence-corrected chi connectivity index (χ0v) is 13.6. The molecule has 0 heterocycles. The minimum absolute atomic E-state index is 0.0349. The fourth-order valence-electron chi connectivity index (χ4n) is 2.68. The van der Waals surface area contributed by atoms with Gasteiger partial charge in [-0.15, -0.1) is 0 Å². The van der Waals surface area contributed by atoms with E-state index >= 15 is 0 Å². The summed E-state index contributed by atoms with van der Waals surface area (Å²) in [6.07, 6.45) is 7.21. The number of rotatable bonds is 9. The van der Waals surface area contributed by atoms with Crippen LogP contribution in [0.2, 0.25) is 0 Å². The molecule has 0 radical (unpaired) electrons. The summed E-state index contributed by atoms with van der Waals surface area (Å²) >= 11 is 1.81. The molecule has 0 aromatic heterocycles. The van der Waals surface area contributed by atoms with E-state index in [1.165, 1.54) is 0 Å². The minimum Gasteiger partial charge on any atom is -0.409 e. The Bertz CT molecular complexity index is 361. The van der Waals surface area contributed by atoms with Gasteiger partial charge in [-0.25, -0.2) is 0 Å². The van der Waals surface area contributed by atoms with Crippen LogP contribution in [-0.4, -0.2) is 34.5 Å². The smallest absolute Gasteiger partial charge is 0.234 e. The zero-order chi connectivity index (χ0) is 15.2. The van der Waals surface area contributed by atoms with Crippen LogP contribution in [0.1, 0.15) is 52.4 Å². The molecular formula is C14H27N3O2S. The maximum Gasteiger partial charge on any atom is 0.234 e. The van der Waals surface area contributed by atoms with Gasteiger partial charge in [0.1, 0.15) is 5.41 Å². The Balaban J connectivity index is 2.82. The summed E-state index contributed by atoms with van der Waals surface area (Å²) in [5.41, 5.74) is 4.98. The second-order valence-corrected chi connectivity index (χ2v) is 6.91. The van der Waals surface area contributed by atoms with Crippen LogP contribution >= 0.6 is 11.8 Å². The van der Waals surface area contributed by atoms with Gasteiger partial charge in [-0.1, -0.05) is 31.8 Å². The van der Waals surface area contributed by atoms with Gasteiger partial charge < -0.3 is 16.3 Å². The Kier molecular flexibility index (Phi) is 6.17. The van der Waals surface area contributed by atoms with Crippen molar-refractivity contribution in [3.63, 3.8) is 0 Å². The van der Waals surface area contributed by atoms with Crippen molar-refractivity contribution in [3.8, 4) is 0 Å². The van der Waals surface area contributed by atoms with Crippen molar-refractivity contribution in [2.75, 3.05) is 12.8 Å². The number of amides is 1. The molecule has 1 aliphatic carbocycles. The van der Waals surface area contributed by atoms with E-state index < -0.39 is 5.41 Å². The molecule has 6 heteroatoms. The van der Waals surface area contributed by atoms with Crippen LogP contribution in [0, 0.1) is 5.41 Å². The number of amidine groups is 1. The van der Waals surface area contributed by atoms with Crippen molar-refractivity contribution in [2.24, 2.45) is 16.3 Å². The zero-order valence-electron chi connectivity index (χ0n) is 12.7. The van der Waals surface area contributed by atoms with E-state index in [-0.39, 0.29) is 16.5 Å². The monoisotopic (exact) mass is 301 g/mol. The molecule has 0 spiro atoms. The molecule has 20 heavy (non-hydrogen) atoms. The first kappa shape index (κ1) is 17.1. The van der Waals surface area contributed by atoms with E-state index in [4.69, 9.17) is 10.9 Å². The van der Waals surface area contributed by atoms with Crippen LogP contribution in [-0.2, 0) is 4.79 Å². The molecule has 0 bridgehead atoms. The molecule has 0 aromatic rings. The van der Waals surface area contributed by atoms with Gasteiger partial charge >= 0.3 is 0 Å². The van der Waals surface area contributed by atoms with Crippen LogP contribution in [0.5, 0.6) is 0 Å². The lowest BCUT2D eigenvalue weighted by atomic mass is 9.77. The van der Waals surface area contributed by atoms with Gasteiger partial charge in [0, 0.05) is 11.3 Å². The summed E-state index contributed by atoms with van der Waals surface area (Å²) in [5, 5.41) is 15.2. The summed E-state index contributed by atoms with van der Waals surface area (Å²) in [5.74, 6) is -0.0653. The van der Waals surface area contributed by atoms with Crippen molar-refractivity contribution in [1.29, 1.82) is 0 Å². The van der Waals surface area contributed by atoms with E-state index in [9.17, 15) is 4.79 Å². The van der Waals surface area contributed by atoms with Crippen molar-refractivity contribution >= 4 is 23.5 Å². The highest BCUT2D eigenvalue weighted by Gasteiger charge is 2.45. The van der Waals surface area contributed by atoms with E-state index in [0.717, 1.165) is 25.7 Å². The lowest BCUT2D eigenvalue weighted by Gasteiger charge is -2.31. The molecule has 0 aromatic carbocycles. The average molecular weight is 301 g/mol. The van der Waals surface area contributed by atoms with E-state index in [2.05, 4.69) is 16.7 Å². The topological polar surface area (TPSA) is 87.7 Å². The number of nitrogens with one attached hydrogen (secondary N) is 1. The van der Waals surface area contributed by atoms with Crippen LogP contribution < -0.4 is 11.1 Å². The Hall–Kier alpha value is -0.910. The van der Waals surface area contributed by atoms with Crippen molar-refractivity contribution in [3.05, 3.63) is 0 Å². The van der Waals surface area contributed by atoms with Gasteiger partial charge in [0.25, 0.3) is 0 Å². The molecule has 0 aliphatic heterocycles. The Morgan fingerprint density at radius 1 is 1.40 bits per heavy atom. The molecular weight excluding hydrogens is 274 g/mol. The number of nitrogens with zero attached hydrogens (tertiary/aromatic N) is 1. The normalized spacial score (nSPS) is 17.9. The summed E-state index contributed by atoms with van der Waals surface area (Å²) in [4.78, 5) is 12.6.